The first-order valence-electron chi connectivity index (χ1n) is 9.88. The Balaban J connectivity index is 1.79. The second kappa shape index (κ2) is 10.2. The number of H-pyrrole nitrogens is 1. The zero-order valence-electron chi connectivity index (χ0n) is 17.2. The summed E-state index contributed by atoms with van der Waals surface area (Å²) in [6.07, 6.45) is 4.52. The first kappa shape index (κ1) is 23.1. The van der Waals surface area contributed by atoms with Gasteiger partial charge < -0.3 is 20.6 Å². The molecule has 0 bridgehead atoms. The van der Waals surface area contributed by atoms with Crippen molar-refractivity contribution in [2.75, 3.05) is 17.3 Å². The minimum atomic E-state index is -0.551. The number of anilines is 2. The maximum Gasteiger partial charge on any atom is 0.271 e. The number of nitrogens with one attached hydrogen (secondary N) is 4. The highest BCUT2D eigenvalue weighted by atomic mass is 35.5. The largest absolute Gasteiger partial charge is 0.335 e. The van der Waals surface area contributed by atoms with Crippen LogP contribution in [0, 0.1) is 17.1 Å². The van der Waals surface area contributed by atoms with Gasteiger partial charge in [0, 0.05) is 25.0 Å². The molecule has 9 nitrogen and oxygen atoms in total. The fourth-order valence-electron chi connectivity index (χ4n) is 3.48. The SMILES string of the molecule is C[C@@H]1CCC(C(=O)Nc2cc(Cl)c[nH]c2=O)CN1C(=O)c1ccc(F)cc1N/N=C\C=N. The number of likely N-dealkylation sites (tertiary alicyclic amines) is 1. The molecule has 1 saturated heterocycles. The molecule has 1 fully saturated rings. The van der Waals surface area contributed by atoms with Gasteiger partial charge in [-0.2, -0.15) is 5.10 Å². The van der Waals surface area contributed by atoms with Gasteiger partial charge >= 0.3 is 0 Å². The van der Waals surface area contributed by atoms with Gasteiger partial charge in [-0.15, -0.1) is 0 Å². The third-order valence-corrected chi connectivity index (χ3v) is 5.40. The summed E-state index contributed by atoms with van der Waals surface area (Å²) in [6, 6.07) is 4.87. The van der Waals surface area contributed by atoms with E-state index in [4.69, 9.17) is 17.0 Å². The monoisotopic (exact) mass is 460 g/mol. The number of aromatic amines is 1. The van der Waals surface area contributed by atoms with E-state index < -0.39 is 23.2 Å². The van der Waals surface area contributed by atoms with Gasteiger partial charge in [0.2, 0.25) is 5.91 Å². The van der Waals surface area contributed by atoms with E-state index >= 15 is 0 Å². The van der Waals surface area contributed by atoms with Crippen molar-refractivity contribution in [2.45, 2.75) is 25.8 Å². The standard InChI is InChI=1S/C21H22ClFN6O3/c1-12-2-3-13(19(30)27-18-8-14(22)10-25-20(18)31)11-29(12)21(32)16-5-4-15(23)9-17(16)28-26-7-6-24/h4-10,12-13,24,28H,2-3,11H2,1H3,(H,25,31)(H,27,30)/b24-6?,26-7-/t12-,13?/m1/s1. The predicted molar refractivity (Wildman–Crippen MR) is 121 cm³/mol. The molecule has 2 atom stereocenters. The Bertz CT molecular complexity index is 1120. The van der Waals surface area contributed by atoms with Crippen molar-refractivity contribution in [3.8, 4) is 0 Å². The zero-order valence-corrected chi connectivity index (χ0v) is 17.9. The van der Waals surface area contributed by atoms with E-state index in [0.29, 0.717) is 12.8 Å². The summed E-state index contributed by atoms with van der Waals surface area (Å²) in [7, 11) is 0. The van der Waals surface area contributed by atoms with Crippen LogP contribution in [0.2, 0.25) is 5.02 Å². The van der Waals surface area contributed by atoms with Crippen molar-refractivity contribution < 1.29 is 14.0 Å². The van der Waals surface area contributed by atoms with Crippen LogP contribution in [0.15, 0.2) is 40.4 Å². The molecule has 1 aromatic heterocycles. The Morgan fingerprint density at radius 2 is 2.09 bits per heavy atom. The average Bonchev–Trinajstić information content (AvgIpc) is 2.76. The van der Waals surface area contributed by atoms with E-state index in [0.717, 1.165) is 18.5 Å². The second-order valence-electron chi connectivity index (χ2n) is 7.38. The van der Waals surface area contributed by atoms with E-state index in [2.05, 4.69) is 20.8 Å². The lowest BCUT2D eigenvalue weighted by Gasteiger charge is -2.37. The van der Waals surface area contributed by atoms with Gasteiger partial charge in [0.1, 0.15) is 11.5 Å². The molecule has 4 N–H and O–H groups in total. The third kappa shape index (κ3) is 5.38. The minimum absolute atomic E-state index is 0.0353. The van der Waals surface area contributed by atoms with E-state index in [1.807, 2.05) is 6.92 Å². The normalized spacial score (nSPS) is 18.4. The van der Waals surface area contributed by atoms with Crippen molar-refractivity contribution in [2.24, 2.45) is 11.0 Å². The van der Waals surface area contributed by atoms with Gasteiger partial charge in [-0.05, 0) is 44.0 Å². The van der Waals surface area contributed by atoms with Crippen LogP contribution in [0.4, 0.5) is 15.8 Å². The molecule has 1 aliphatic heterocycles. The number of carbonyl (C=O) groups excluding carboxylic acids is 2. The number of nitrogens with zero attached hydrogens (tertiary/aromatic N) is 2. The molecule has 1 aromatic carbocycles. The number of benzene rings is 1. The topological polar surface area (TPSA) is 131 Å². The molecule has 0 radical (unpaired) electrons. The molecule has 11 heteroatoms. The molecule has 1 unspecified atom stereocenters. The molecule has 32 heavy (non-hydrogen) atoms. The van der Waals surface area contributed by atoms with Crippen LogP contribution in [0.25, 0.3) is 0 Å². The van der Waals surface area contributed by atoms with Crippen LogP contribution in [0.3, 0.4) is 0 Å². The van der Waals surface area contributed by atoms with Crippen molar-refractivity contribution in [1.29, 1.82) is 5.41 Å². The zero-order chi connectivity index (χ0) is 23.3. The number of hydrogen-bond donors (Lipinski definition) is 4. The summed E-state index contributed by atoms with van der Waals surface area (Å²) in [4.78, 5) is 41.9. The van der Waals surface area contributed by atoms with Crippen LogP contribution >= 0.6 is 11.6 Å². The van der Waals surface area contributed by atoms with Gasteiger partial charge in [-0.3, -0.25) is 19.8 Å². The highest BCUT2D eigenvalue weighted by Gasteiger charge is 2.34. The van der Waals surface area contributed by atoms with Gasteiger partial charge in [0.15, 0.2) is 0 Å². The number of rotatable bonds is 6. The molecule has 1 aliphatic rings. The summed E-state index contributed by atoms with van der Waals surface area (Å²) >= 11 is 5.88. The summed E-state index contributed by atoms with van der Waals surface area (Å²) in [5, 5.41) is 13.6. The number of amides is 2. The van der Waals surface area contributed by atoms with Crippen LogP contribution < -0.4 is 16.3 Å². The van der Waals surface area contributed by atoms with Gasteiger partial charge in [-0.1, -0.05) is 11.6 Å². The predicted octanol–water partition coefficient (Wildman–Crippen LogP) is 3.09. The van der Waals surface area contributed by atoms with E-state index in [9.17, 15) is 18.8 Å². The molecule has 3 rings (SSSR count). The molecule has 0 spiro atoms. The van der Waals surface area contributed by atoms with Crippen molar-refractivity contribution >= 4 is 47.2 Å². The smallest absolute Gasteiger partial charge is 0.271 e. The van der Waals surface area contributed by atoms with E-state index in [1.54, 1.807) is 4.90 Å². The molecule has 2 amide bonds. The number of hydrazone groups is 1. The number of pyridine rings is 1. The molecular weight excluding hydrogens is 439 g/mol. The molecule has 0 saturated carbocycles. The Kier molecular flexibility index (Phi) is 7.37. The summed E-state index contributed by atoms with van der Waals surface area (Å²) in [5.41, 5.74) is 2.46. The number of carbonyl (C=O) groups is 2. The Hall–Kier alpha value is -3.53. The number of aromatic nitrogens is 1. The van der Waals surface area contributed by atoms with Crippen molar-refractivity contribution in [3.05, 3.63) is 57.2 Å². The summed E-state index contributed by atoms with van der Waals surface area (Å²) < 4.78 is 13.7. The van der Waals surface area contributed by atoms with Crippen molar-refractivity contribution in [1.82, 2.24) is 9.88 Å². The second-order valence-corrected chi connectivity index (χ2v) is 7.81. The lowest BCUT2D eigenvalue weighted by molar-refractivity contribution is -0.121. The maximum absolute atomic E-state index is 13.7. The average molecular weight is 461 g/mol. The van der Waals surface area contributed by atoms with Crippen LogP contribution in [-0.4, -0.2) is 46.7 Å². The van der Waals surface area contributed by atoms with Gasteiger partial charge in [0.25, 0.3) is 11.5 Å². The summed E-state index contributed by atoms with van der Waals surface area (Å²) in [5.74, 6) is -1.87. The van der Waals surface area contributed by atoms with Crippen LogP contribution in [-0.2, 0) is 4.79 Å². The molecule has 2 heterocycles. The van der Waals surface area contributed by atoms with Crippen molar-refractivity contribution in [3.63, 3.8) is 0 Å². The highest BCUT2D eigenvalue weighted by molar-refractivity contribution is 6.30. The van der Waals surface area contributed by atoms with E-state index in [-0.39, 0.29) is 40.5 Å². The molecule has 168 valence electrons. The Morgan fingerprint density at radius 1 is 1.31 bits per heavy atom. The molecule has 0 aliphatic carbocycles. The van der Waals surface area contributed by atoms with Crippen LogP contribution in [0.1, 0.15) is 30.1 Å². The Morgan fingerprint density at radius 3 is 2.84 bits per heavy atom. The first-order chi connectivity index (χ1) is 15.3. The quantitative estimate of drug-likeness (QED) is 0.389. The number of halogens is 2. The van der Waals surface area contributed by atoms with Gasteiger partial charge in [0.05, 0.1) is 28.4 Å². The first-order valence-corrected chi connectivity index (χ1v) is 10.3. The lowest BCUT2D eigenvalue weighted by atomic mass is 9.91. The molecular formula is C21H22ClFN6O3. The number of hydrogen-bond acceptors (Lipinski definition) is 6. The lowest BCUT2D eigenvalue weighted by Crippen LogP contribution is -2.48. The molecule has 2 aromatic rings. The summed E-state index contributed by atoms with van der Waals surface area (Å²) in [6.45, 7) is 2.00. The number of piperidine rings is 1. The Labute approximate surface area is 188 Å². The minimum Gasteiger partial charge on any atom is -0.335 e. The van der Waals surface area contributed by atoms with E-state index in [1.165, 1.54) is 24.4 Å². The fourth-order valence-corrected chi connectivity index (χ4v) is 3.65. The third-order valence-electron chi connectivity index (χ3n) is 5.19. The highest BCUT2D eigenvalue weighted by Crippen LogP contribution is 2.27. The van der Waals surface area contributed by atoms with Gasteiger partial charge in [-0.25, -0.2) is 4.39 Å². The maximum atomic E-state index is 13.7. The van der Waals surface area contributed by atoms with Crippen LogP contribution in [0.5, 0.6) is 0 Å². The fraction of sp³-hybridized carbons (Fsp3) is 0.286.